The van der Waals surface area contributed by atoms with Gasteiger partial charge >= 0.3 is 0 Å². The summed E-state index contributed by atoms with van der Waals surface area (Å²) in [4.78, 5) is 17.4. The Balaban J connectivity index is 2.10. The minimum Gasteiger partial charge on any atom is -0.362 e. The number of hydrogen-bond donors (Lipinski definition) is 0. The summed E-state index contributed by atoms with van der Waals surface area (Å²) in [6, 6.07) is 17.4. The van der Waals surface area contributed by atoms with E-state index in [1.165, 1.54) is 0 Å². The van der Waals surface area contributed by atoms with Gasteiger partial charge in [-0.05, 0) is 36.6 Å². The lowest BCUT2D eigenvalue weighted by Gasteiger charge is -2.25. The molecule has 0 aliphatic rings. The fourth-order valence-electron chi connectivity index (χ4n) is 3.80. The van der Waals surface area contributed by atoms with Crippen molar-refractivity contribution in [3.05, 3.63) is 76.4 Å². The van der Waals surface area contributed by atoms with Crippen LogP contribution < -0.4 is 4.90 Å². The summed E-state index contributed by atoms with van der Waals surface area (Å²) in [5, 5.41) is 5.45. The smallest absolute Gasteiger partial charge is 0.255 e. The molecule has 31 heavy (non-hydrogen) atoms. The average Bonchev–Trinajstić information content (AvgIpc) is 3.14. The summed E-state index contributed by atoms with van der Waals surface area (Å²) in [5.41, 5.74) is 3.60. The number of amides is 1. The van der Waals surface area contributed by atoms with Gasteiger partial charge in [0.25, 0.3) is 5.91 Å². The van der Waals surface area contributed by atoms with Gasteiger partial charge in [-0.15, -0.1) is 0 Å². The normalized spacial score (nSPS) is 11.1. The van der Waals surface area contributed by atoms with Crippen LogP contribution in [0.2, 0.25) is 5.02 Å². The van der Waals surface area contributed by atoms with Gasteiger partial charge in [0.05, 0.1) is 28.5 Å². The van der Waals surface area contributed by atoms with Crippen LogP contribution >= 0.6 is 11.6 Å². The number of nitrogens with zero attached hydrogens (tertiary/aromatic N) is 4. The van der Waals surface area contributed by atoms with Gasteiger partial charge in [0.1, 0.15) is 5.82 Å². The van der Waals surface area contributed by atoms with Gasteiger partial charge in [-0.2, -0.15) is 5.10 Å². The van der Waals surface area contributed by atoms with E-state index in [0.717, 1.165) is 29.2 Å². The van der Waals surface area contributed by atoms with E-state index in [9.17, 15) is 4.79 Å². The van der Waals surface area contributed by atoms with E-state index in [0.29, 0.717) is 23.7 Å². The van der Waals surface area contributed by atoms with Crippen molar-refractivity contribution in [3.8, 4) is 5.69 Å². The summed E-state index contributed by atoms with van der Waals surface area (Å²) >= 11 is 6.34. The van der Waals surface area contributed by atoms with E-state index < -0.39 is 0 Å². The van der Waals surface area contributed by atoms with Crippen LogP contribution in [0, 0.1) is 0 Å². The summed E-state index contributed by atoms with van der Waals surface area (Å²) in [5.74, 6) is 1.15. The molecule has 0 spiro atoms. The maximum atomic E-state index is 13.4. The Morgan fingerprint density at radius 2 is 1.71 bits per heavy atom. The first-order valence-corrected chi connectivity index (χ1v) is 11.1. The zero-order chi connectivity index (χ0) is 22.5. The highest BCUT2D eigenvalue weighted by molar-refractivity contribution is 6.33. The molecular weight excluding hydrogens is 408 g/mol. The molecule has 0 atom stereocenters. The number of hydrogen-bond acceptors (Lipinski definition) is 3. The fraction of sp³-hybridized carbons (Fsp3) is 0.360. The topological polar surface area (TPSA) is 41.4 Å². The number of para-hydroxylation sites is 1. The van der Waals surface area contributed by atoms with Crippen molar-refractivity contribution in [2.45, 2.75) is 39.7 Å². The Bertz CT molecular complexity index is 1030. The van der Waals surface area contributed by atoms with E-state index in [4.69, 9.17) is 16.7 Å². The molecule has 1 aromatic heterocycles. The molecule has 3 rings (SSSR count). The van der Waals surface area contributed by atoms with Gasteiger partial charge in [0.15, 0.2) is 0 Å². The molecule has 0 bridgehead atoms. The van der Waals surface area contributed by atoms with Crippen molar-refractivity contribution in [1.82, 2.24) is 14.7 Å². The molecule has 1 heterocycles. The minimum absolute atomic E-state index is 0.0562. The van der Waals surface area contributed by atoms with Gasteiger partial charge in [-0.1, -0.05) is 62.7 Å². The van der Waals surface area contributed by atoms with E-state index in [1.54, 1.807) is 12.1 Å². The molecule has 1 amide bonds. The Morgan fingerprint density at radius 3 is 2.29 bits per heavy atom. The van der Waals surface area contributed by atoms with Crippen LogP contribution in [-0.4, -0.2) is 41.2 Å². The standard InChI is InChI=1S/C25H31ClN4O/c1-6-16-29(25(31)20-14-10-11-15-22(20)26)17-21-23(18(2)3)27-30(24(21)28(4)5)19-12-8-7-9-13-19/h7-15,18H,6,16-17H2,1-5H3. The van der Waals surface area contributed by atoms with Crippen LogP contribution in [0.15, 0.2) is 54.6 Å². The number of halogens is 1. The predicted molar refractivity (Wildman–Crippen MR) is 128 cm³/mol. The molecule has 0 fully saturated rings. The molecule has 0 saturated heterocycles. The lowest BCUT2D eigenvalue weighted by atomic mass is 10.0. The summed E-state index contributed by atoms with van der Waals surface area (Å²) < 4.78 is 1.98. The largest absolute Gasteiger partial charge is 0.362 e. The highest BCUT2D eigenvalue weighted by Gasteiger charge is 2.26. The first-order chi connectivity index (χ1) is 14.8. The average molecular weight is 439 g/mol. The molecule has 5 nitrogen and oxygen atoms in total. The summed E-state index contributed by atoms with van der Waals surface area (Å²) in [6.07, 6.45) is 0.858. The van der Waals surface area contributed by atoms with Crippen molar-refractivity contribution in [1.29, 1.82) is 0 Å². The molecule has 0 radical (unpaired) electrons. The Morgan fingerprint density at radius 1 is 1.06 bits per heavy atom. The second-order valence-corrected chi connectivity index (χ2v) is 8.60. The van der Waals surface area contributed by atoms with Crippen LogP contribution in [-0.2, 0) is 6.54 Å². The van der Waals surface area contributed by atoms with Crippen LogP contribution in [0.3, 0.4) is 0 Å². The lowest BCUT2D eigenvalue weighted by molar-refractivity contribution is 0.0743. The molecule has 2 aromatic carbocycles. The van der Waals surface area contributed by atoms with E-state index in [2.05, 4.69) is 25.7 Å². The van der Waals surface area contributed by atoms with Gasteiger partial charge in [-0.25, -0.2) is 4.68 Å². The van der Waals surface area contributed by atoms with Gasteiger partial charge < -0.3 is 9.80 Å². The van der Waals surface area contributed by atoms with E-state index >= 15 is 0 Å². The predicted octanol–water partition coefficient (Wildman–Crippen LogP) is 5.77. The molecule has 3 aromatic rings. The fourth-order valence-corrected chi connectivity index (χ4v) is 4.02. The van der Waals surface area contributed by atoms with Crippen molar-refractivity contribution in [3.63, 3.8) is 0 Å². The van der Waals surface area contributed by atoms with Crippen LogP contribution in [0.25, 0.3) is 5.69 Å². The first-order valence-electron chi connectivity index (χ1n) is 10.7. The van der Waals surface area contributed by atoms with Crippen molar-refractivity contribution in [2.75, 3.05) is 25.5 Å². The Kier molecular flexibility index (Phi) is 7.39. The van der Waals surface area contributed by atoms with Crippen LogP contribution in [0.4, 0.5) is 5.82 Å². The van der Waals surface area contributed by atoms with E-state index in [-0.39, 0.29) is 11.8 Å². The van der Waals surface area contributed by atoms with E-state index in [1.807, 2.05) is 66.1 Å². The Labute approximate surface area is 190 Å². The monoisotopic (exact) mass is 438 g/mol. The second kappa shape index (κ2) is 10.0. The zero-order valence-electron chi connectivity index (χ0n) is 19.0. The molecular formula is C25H31ClN4O. The number of carbonyl (C=O) groups excluding carboxylic acids is 1. The van der Waals surface area contributed by atoms with Crippen LogP contribution in [0.1, 0.15) is 54.7 Å². The first kappa shape index (κ1) is 22.9. The van der Waals surface area contributed by atoms with Gasteiger partial charge in [0.2, 0.25) is 0 Å². The molecule has 0 N–H and O–H groups in total. The molecule has 0 unspecified atom stereocenters. The number of anilines is 1. The highest BCUT2D eigenvalue weighted by atomic mass is 35.5. The van der Waals surface area contributed by atoms with Crippen LogP contribution in [0.5, 0.6) is 0 Å². The molecule has 164 valence electrons. The molecule has 0 aliphatic heterocycles. The number of benzene rings is 2. The summed E-state index contributed by atoms with van der Waals surface area (Å²) in [6.45, 7) is 7.48. The maximum Gasteiger partial charge on any atom is 0.255 e. The lowest BCUT2D eigenvalue weighted by Crippen LogP contribution is -2.32. The quantitative estimate of drug-likeness (QED) is 0.448. The van der Waals surface area contributed by atoms with Gasteiger partial charge in [0, 0.05) is 26.2 Å². The van der Waals surface area contributed by atoms with Crippen molar-refractivity contribution >= 4 is 23.3 Å². The Hall–Kier alpha value is -2.79. The maximum absolute atomic E-state index is 13.4. The van der Waals surface area contributed by atoms with Crippen molar-refractivity contribution in [2.24, 2.45) is 0 Å². The summed E-state index contributed by atoms with van der Waals surface area (Å²) in [7, 11) is 4.04. The third-order valence-corrected chi connectivity index (χ3v) is 5.52. The molecule has 6 heteroatoms. The van der Waals surface area contributed by atoms with Crippen molar-refractivity contribution < 1.29 is 4.79 Å². The SMILES string of the molecule is CCCN(Cc1c(C(C)C)nn(-c2ccccc2)c1N(C)C)C(=O)c1ccccc1Cl. The molecule has 0 saturated carbocycles. The molecule has 0 aliphatic carbocycles. The number of aromatic nitrogens is 2. The highest BCUT2D eigenvalue weighted by Crippen LogP contribution is 2.32. The zero-order valence-corrected chi connectivity index (χ0v) is 19.7. The second-order valence-electron chi connectivity index (χ2n) is 8.19. The number of carbonyl (C=O) groups is 1. The third kappa shape index (κ3) is 4.93. The van der Waals surface area contributed by atoms with Gasteiger partial charge in [-0.3, -0.25) is 4.79 Å². The minimum atomic E-state index is -0.0562. The third-order valence-electron chi connectivity index (χ3n) is 5.19. The number of rotatable bonds is 8.